The van der Waals surface area contributed by atoms with E-state index >= 15 is 0 Å². The first kappa shape index (κ1) is 29.4. The van der Waals surface area contributed by atoms with Crippen LogP contribution in [0.15, 0.2) is 140 Å². The van der Waals surface area contributed by atoms with Gasteiger partial charge >= 0.3 is 12.1 Å². The highest BCUT2D eigenvalue weighted by atomic mass is 16.5. The van der Waals surface area contributed by atoms with Gasteiger partial charge in [-0.1, -0.05) is 140 Å². The number of rotatable bonds is 10. The van der Waals surface area contributed by atoms with E-state index in [1.165, 1.54) is 0 Å². The Bertz CT molecular complexity index is 1670. The van der Waals surface area contributed by atoms with Gasteiger partial charge in [0.15, 0.2) is 0 Å². The number of ether oxygens (including phenoxy) is 1. The normalized spacial score (nSPS) is 12.8. The van der Waals surface area contributed by atoms with Crippen molar-refractivity contribution >= 4 is 18.0 Å². The topological polar surface area (TPSA) is 105 Å². The molecule has 0 saturated heterocycles. The molecule has 1 aliphatic carbocycles. The molecule has 0 aliphatic heterocycles. The maximum Gasteiger partial charge on any atom is 0.407 e. The number of fused-ring (bicyclic) bond motifs is 3. The second-order valence-corrected chi connectivity index (χ2v) is 11.0. The maximum atomic E-state index is 13.8. The SMILES string of the molecule is O=C(CC(NC(=O)OCC1c2ccccc2-c2ccccc21)C(=O)O)NC(c1ccccc1)(c1ccccc1)c1ccccc1. The van der Waals surface area contributed by atoms with E-state index in [4.69, 9.17) is 4.74 Å². The number of carboxylic acid groups (broad SMARTS) is 1. The largest absolute Gasteiger partial charge is 0.480 e. The van der Waals surface area contributed by atoms with Crippen molar-refractivity contribution in [3.8, 4) is 11.1 Å². The Morgan fingerprint density at radius 1 is 0.644 bits per heavy atom. The second-order valence-electron chi connectivity index (χ2n) is 11.0. The van der Waals surface area contributed by atoms with Crippen LogP contribution in [-0.4, -0.2) is 35.7 Å². The summed E-state index contributed by atoms with van der Waals surface area (Å²) < 4.78 is 5.57. The van der Waals surface area contributed by atoms with E-state index < -0.39 is 36.0 Å². The van der Waals surface area contributed by atoms with Gasteiger partial charge in [-0.3, -0.25) is 4.79 Å². The zero-order valence-electron chi connectivity index (χ0n) is 24.4. The van der Waals surface area contributed by atoms with Crippen molar-refractivity contribution in [1.29, 1.82) is 0 Å². The molecule has 5 aromatic rings. The maximum absolute atomic E-state index is 13.8. The fraction of sp³-hybridized carbons (Fsp3) is 0.132. The summed E-state index contributed by atoms with van der Waals surface area (Å²) in [4.78, 5) is 39.0. The number of aliphatic carboxylic acids is 1. The molecule has 45 heavy (non-hydrogen) atoms. The summed E-state index contributed by atoms with van der Waals surface area (Å²) >= 11 is 0. The molecule has 224 valence electrons. The number of hydrogen-bond donors (Lipinski definition) is 3. The summed E-state index contributed by atoms with van der Waals surface area (Å²) in [6.45, 7) is 0.0253. The molecule has 0 spiro atoms. The first-order valence-electron chi connectivity index (χ1n) is 14.8. The predicted molar refractivity (Wildman–Crippen MR) is 172 cm³/mol. The summed E-state index contributed by atoms with van der Waals surface area (Å²) in [7, 11) is 0. The third kappa shape index (κ3) is 5.93. The summed E-state index contributed by atoms with van der Waals surface area (Å²) in [6.07, 6.45) is -1.41. The lowest BCUT2D eigenvalue weighted by Gasteiger charge is -2.37. The van der Waals surface area contributed by atoms with Gasteiger partial charge in [-0.15, -0.1) is 0 Å². The third-order valence-electron chi connectivity index (χ3n) is 8.27. The van der Waals surface area contributed by atoms with E-state index in [1.807, 2.05) is 140 Å². The number of benzene rings is 5. The molecular formula is C38H32N2O5. The fourth-order valence-corrected chi connectivity index (χ4v) is 6.21. The molecule has 0 bridgehead atoms. The summed E-state index contributed by atoms with van der Waals surface area (Å²) in [5.74, 6) is -2.08. The number of carbonyl (C=O) groups excluding carboxylic acids is 2. The first-order chi connectivity index (χ1) is 22.0. The van der Waals surface area contributed by atoms with Crippen LogP contribution in [0.5, 0.6) is 0 Å². The van der Waals surface area contributed by atoms with Gasteiger partial charge in [0.05, 0.1) is 6.42 Å². The highest BCUT2D eigenvalue weighted by Gasteiger charge is 2.39. The van der Waals surface area contributed by atoms with Gasteiger partial charge in [0.2, 0.25) is 5.91 Å². The van der Waals surface area contributed by atoms with Crippen LogP contribution in [-0.2, 0) is 19.9 Å². The third-order valence-corrected chi connectivity index (χ3v) is 8.27. The molecular weight excluding hydrogens is 564 g/mol. The molecule has 1 aliphatic rings. The predicted octanol–water partition coefficient (Wildman–Crippen LogP) is 6.48. The van der Waals surface area contributed by atoms with Crippen molar-refractivity contribution in [2.24, 2.45) is 0 Å². The lowest BCUT2D eigenvalue weighted by Crippen LogP contribution is -2.51. The summed E-state index contributed by atoms with van der Waals surface area (Å²) in [6, 6.07) is 42.9. The highest BCUT2D eigenvalue weighted by Crippen LogP contribution is 2.44. The van der Waals surface area contributed by atoms with Crippen LogP contribution in [0.25, 0.3) is 11.1 Å². The lowest BCUT2D eigenvalue weighted by atomic mass is 9.77. The van der Waals surface area contributed by atoms with Crippen molar-refractivity contribution in [2.45, 2.75) is 23.9 Å². The van der Waals surface area contributed by atoms with Crippen molar-refractivity contribution in [3.63, 3.8) is 0 Å². The van der Waals surface area contributed by atoms with Crippen molar-refractivity contribution < 1.29 is 24.2 Å². The van der Waals surface area contributed by atoms with Crippen LogP contribution in [0.1, 0.15) is 40.2 Å². The Morgan fingerprint density at radius 2 is 1.07 bits per heavy atom. The number of carbonyl (C=O) groups is 3. The molecule has 0 heterocycles. The van der Waals surface area contributed by atoms with Gasteiger partial charge in [-0.25, -0.2) is 9.59 Å². The Kier molecular flexibility index (Phi) is 8.42. The molecule has 7 nitrogen and oxygen atoms in total. The molecule has 2 amide bonds. The van der Waals surface area contributed by atoms with Gasteiger partial charge in [0.25, 0.3) is 0 Å². The van der Waals surface area contributed by atoms with Crippen LogP contribution in [0.3, 0.4) is 0 Å². The molecule has 0 fully saturated rings. The monoisotopic (exact) mass is 596 g/mol. The average Bonchev–Trinajstić information content (AvgIpc) is 3.40. The quantitative estimate of drug-likeness (QED) is 0.160. The van der Waals surface area contributed by atoms with E-state index in [2.05, 4.69) is 10.6 Å². The minimum Gasteiger partial charge on any atom is -0.480 e. The molecule has 1 unspecified atom stereocenters. The number of nitrogens with one attached hydrogen (secondary N) is 2. The van der Waals surface area contributed by atoms with E-state index in [0.29, 0.717) is 0 Å². The van der Waals surface area contributed by atoms with Crippen LogP contribution in [0.2, 0.25) is 0 Å². The molecule has 7 heteroatoms. The zero-order valence-corrected chi connectivity index (χ0v) is 24.4. The van der Waals surface area contributed by atoms with E-state index in [0.717, 1.165) is 38.9 Å². The minimum absolute atomic E-state index is 0.0253. The molecule has 1 atom stereocenters. The Labute approximate surface area is 261 Å². The van der Waals surface area contributed by atoms with Crippen molar-refractivity contribution in [3.05, 3.63) is 167 Å². The minimum atomic E-state index is -1.51. The first-order valence-corrected chi connectivity index (χ1v) is 14.8. The number of carboxylic acids is 1. The van der Waals surface area contributed by atoms with Crippen LogP contribution < -0.4 is 10.6 Å². The number of hydrogen-bond acceptors (Lipinski definition) is 4. The summed E-state index contributed by atoms with van der Waals surface area (Å²) in [5, 5.41) is 15.6. The zero-order chi connectivity index (χ0) is 31.2. The average molecular weight is 597 g/mol. The number of amides is 2. The molecule has 0 aromatic heterocycles. The van der Waals surface area contributed by atoms with Crippen LogP contribution >= 0.6 is 0 Å². The van der Waals surface area contributed by atoms with Crippen molar-refractivity contribution in [1.82, 2.24) is 10.6 Å². The van der Waals surface area contributed by atoms with Crippen molar-refractivity contribution in [2.75, 3.05) is 6.61 Å². The van der Waals surface area contributed by atoms with Gasteiger partial charge in [0, 0.05) is 5.92 Å². The fourth-order valence-electron chi connectivity index (χ4n) is 6.21. The van der Waals surface area contributed by atoms with Gasteiger partial charge in [-0.2, -0.15) is 0 Å². The smallest absolute Gasteiger partial charge is 0.407 e. The van der Waals surface area contributed by atoms with E-state index in [-0.39, 0.29) is 12.5 Å². The molecule has 5 aromatic carbocycles. The Morgan fingerprint density at radius 3 is 1.51 bits per heavy atom. The summed E-state index contributed by atoms with van der Waals surface area (Å²) in [5.41, 5.74) is 5.53. The van der Waals surface area contributed by atoms with E-state index in [9.17, 15) is 19.5 Å². The highest BCUT2D eigenvalue weighted by molar-refractivity contribution is 5.88. The van der Waals surface area contributed by atoms with Gasteiger partial charge in [-0.05, 0) is 38.9 Å². The second kappa shape index (κ2) is 12.9. The van der Waals surface area contributed by atoms with Gasteiger partial charge < -0.3 is 20.5 Å². The molecule has 0 radical (unpaired) electrons. The van der Waals surface area contributed by atoms with Crippen LogP contribution in [0.4, 0.5) is 4.79 Å². The molecule has 3 N–H and O–H groups in total. The Balaban J connectivity index is 1.21. The lowest BCUT2D eigenvalue weighted by molar-refractivity contribution is -0.141. The van der Waals surface area contributed by atoms with Crippen LogP contribution in [0, 0.1) is 0 Å². The molecule has 6 rings (SSSR count). The van der Waals surface area contributed by atoms with Gasteiger partial charge in [0.1, 0.15) is 18.2 Å². The standard InChI is InChI=1S/C38H32N2O5/c41-35(40-38(26-14-4-1-5-15-26,27-16-6-2-7-17-27)28-18-8-3-9-19-28)24-34(36(42)43)39-37(44)45-25-33-31-22-12-10-20-29(31)30-21-11-13-23-32(30)33/h1-23,33-34H,24-25H2,(H,39,44)(H,40,41)(H,42,43). The molecule has 0 saturated carbocycles. The van der Waals surface area contributed by atoms with E-state index in [1.54, 1.807) is 0 Å². The number of alkyl carbamates (subject to hydrolysis) is 1. The Hall–Kier alpha value is -5.69.